The van der Waals surface area contributed by atoms with Crippen molar-refractivity contribution in [2.45, 2.75) is 39.0 Å². The van der Waals surface area contributed by atoms with E-state index in [9.17, 15) is 19.2 Å². The molecule has 0 atom stereocenters. The molecule has 21 heavy (non-hydrogen) atoms. The van der Waals surface area contributed by atoms with E-state index in [1.54, 1.807) is 6.92 Å². The summed E-state index contributed by atoms with van der Waals surface area (Å²) in [6, 6.07) is -0.708. The van der Waals surface area contributed by atoms with E-state index in [2.05, 4.69) is 5.32 Å². The molecule has 1 saturated heterocycles. The molecule has 0 aromatic rings. The topological polar surface area (TPSA) is 86.8 Å². The quantitative estimate of drug-likeness (QED) is 0.591. The molecule has 2 aliphatic rings. The van der Waals surface area contributed by atoms with Gasteiger partial charge in [0, 0.05) is 13.1 Å². The molecule has 0 bridgehead atoms. The van der Waals surface area contributed by atoms with Gasteiger partial charge in [0.05, 0.1) is 0 Å². The van der Waals surface area contributed by atoms with Crippen LogP contribution in [0.15, 0.2) is 0 Å². The van der Waals surface area contributed by atoms with Gasteiger partial charge in [0.25, 0.3) is 0 Å². The van der Waals surface area contributed by atoms with Crippen molar-refractivity contribution in [3.63, 3.8) is 0 Å². The van der Waals surface area contributed by atoms with Crippen molar-refractivity contribution in [1.29, 1.82) is 0 Å². The van der Waals surface area contributed by atoms with Crippen molar-refractivity contribution in [3.8, 4) is 0 Å². The van der Waals surface area contributed by atoms with Gasteiger partial charge in [-0.25, -0.2) is 9.69 Å². The molecule has 0 unspecified atom stereocenters. The summed E-state index contributed by atoms with van der Waals surface area (Å²) in [5.74, 6) is -1.70. The van der Waals surface area contributed by atoms with Crippen molar-refractivity contribution in [3.05, 3.63) is 0 Å². The molecule has 116 valence electrons. The van der Waals surface area contributed by atoms with Crippen molar-refractivity contribution < 1.29 is 19.2 Å². The van der Waals surface area contributed by atoms with Crippen LogP contribution in [-0.4, -0.2) is 53.2 Å². The molecule has 0 aromatic heterocycles. The first kappa shape index (κ1) is 15.5. The highest BCUT2D eigenvalue weighted by Crippen LogP contribution is 2.22. The molecule has 0 aromatic carbocycles. The van der Waals surface area contributed by atoms with E-state index >= 15 is 0 Å². The molecule has 1 heterocycles. The van der Waals surface area contributed by atoms with Crippen LogP contribution in [0, 0.1) is 5.92 Å². The summed E-state index contributed by atoms with van der Waals surface area (Å²) < 4.78 is 0. The van der Waals surface area contributed by atoms with Gasteiger partial charge < -0.3 is 5.32 Å². The van der Waals surface area contributed by atoms with Crippen LogP contribution < -0.4 is 5.32 Å². The highest BCUT2D eigenvalue weighted by molar-refractivity contribution is 6.45. The van der Waals surface area contributed by atoms with Crippen LogP contribution in [0.2, 0.25) is 0 Å². The zero-order valence-electron chi connectivity index (χ0n) is 12.3. The van der Waals surface area contributed by atoms with E-state index < -0.39 is 23.8 Å². The minimum atomic E-state index is -0.922. The number of imide groups is 2. The Bertz CT molecular complexity index is 457. The van der Waals surface area contributed by atoms with E-state index in [1.807, 2.05) is 0 Å². The van der Waals surface area contributed by atoms with E-state index in [-0.39, 0.29) is 13.1 Å². The lowest BCUT2D eigenvalue weighted by atomic mass is 9.89. The average molecular weight is 295 g/mol. The van der Waals surface area contributed by atoms with Crippen LogP contribution in [0.5, 0.6) is 0 Å². The number of urea groups is 1. The van der Waals surface area contributed by atoms with Gasteiger partial charge in [-0.1, -0.05) is 19.3 Å². The Morgan fingerprint density at radius 3 is 2.29 bits per heavy atom. The highest BCUT2D eigenvalue weighted by atomic mass is 16.2. The molecular formula is C14H21N3O4. The van der Waals surface area contributed by atoms with Gasteiger partial charge in [-0.3, -0.25) is 19.3 Å². The number of hydrogen-bond acceptors (Lipinski definition) is 4. The summed E-state index contributed by atoms with van der Waals surface area (Å²) in [4.78, 5) is 48.4. The third-order valence-corrected chi connectivity index (χ3v) is 4.07. The fourth-order valence-corrected chi connectivity index (χ4v) is 2.82. The summed E-state index contributed by atoms with van der Waals surface area (Å²) in [5, 5.41) is 2.75. The number of carbonyl (C=O) groups excluding carboxylic acids is 4. The SMILES string of the molecule is CCN1C(=O)C(=O)N(CC(=O)NCC2CCCCC2)C1=O. The van der Waals surface area contributed by atoms with Crippen molar-refractivity contribution in [1.82, 2.24) is 15.1 Å². The molecule has 1 saturated carbocycles. The van der Waals surface area contributed by atoms with Crippen LogP contribution in [0.1, 0.15) is 39.0 Å². The van der Waals surface area contributed by atoms with Gasteiger partial charge in [-0.2, -0.15) is 0 Å². The Balaban J connectivity index is 1.83. The van der Waals surface area contributed by atoms with Crippen LogP contribution in [0.4, 0.5) is 4.79 Å². The smallest absolute Gasteiger partial charge is 0.334 e. The fourth-order valence-electron chi connectivity index (χ4n) is 2.82. The van der Waals surface area contributed by atoms with E-state index in [0.717, 1.165) is 17.7 Å². The molecule has 1 aliphatic carbocycles. The van der Waals surface area contributed by atoms with Crippen LogP contribution >= 0.6 is 0 Å². The van der Waals surface area contributed by atoms with Gasteiger partial charge in [0.2, 0.25) is 5.91 Å². The minimum absolute atomic E-state index is 0.129. The second-order valence-electron chi connectivity index (χ2n) is 5.53. The monoisotopic (exact) mass is 295 g/mol. The molecule has 7 heteroatoms. The van der Waals surface area contributed by atoms with E-state index in [4.69, 9.17) is 0 Å². The Kier molecular flexibility index (Phi) is 4.93. The number of hydrogen-bond donors (Lipinski definition) is 1. The Morgan fingerprint density at radius 1 is 1.10 bits per heavy atom. The lowest BCUT2D eigenvalue weighted by Gasteiger charge is -2.22. The van der Waals surface area contributed by atoms with Crippen molar-refractivity contribution in [2.75, 3.05) is 19.6 Å². The standard InChI is InChI=1S/C14H21N3O4/c1-2-16-12(19)13(20)17(14(16)21)9-11(18)15-8-10-6-4-3-5-7-10/h10H,2-9H2,1H3,(H,15,18). The number of carbonyl (C=O) groups is 4. The molecule has 2 fully saturated rings. The molecule has 5 amide bonds. The number of rotatable bonds is 5. The highest BCUT2D eigenvalue weighted by Gasteiger charge is 2.44. The zero-order chi connectivity index (χ0) is 15.4. The molecular weight excluding hydrogens is 274 g/mol. The molecule has 0 radical (unpaired) electrons. The third-order valence-electron chi connectivity index (χ3n) is 4.07. The Hall–Kier alpha value is -1.92. The van der Waals surface area contributed by atoms with Crippen molar-refractivity contribution >= 4 is 23.8 Å². The Labute approximate surface area is 123 Å². The minimum Gasteiger partial charge on any atom is -0.354 e. The first-order valence-corrected chi connectivity index (χ1v) is 7.48. The predicted molar refractivity (Wildman–Crippen MR) is 74.1 cm³/mol. The predicted octanol–water partition coefficient (Wildman–Crippen LogP) is 0.494. The third kappa shape index (κ3) is 3.40. The second-order valence-corrected chi connectivity index (χ2v) is 5.53. The van der Waals surface area contributed by atoms with E-state index in [0.29, 0.717) is 17.4 Å². The van der Waals surface area contributed by atoms with Crippen LogP contribution in [-0.2, 0) is 14.4 Å². The zero-order valence-corrected chi connectivity index (χ0v) is 12.3. The molecule has 2 rings (SSSR count). The number of likely N-dealkylation sites (N-methyl/N-ethyl adjacent to an activating group) is 1. The lowest BCUT2D eigenvalue weighted by Crippen LogP contribution is -2.42. The molecule has 0 spiro atoms. The first-order valence-electron chi connectivity index (χ1n) is 7.48. The number of amides is 5. The summed E-state index contributed by atoms with van der Waals surface area (Å²) in [5.41, 5.74) is 0. The maximum absolute atomic E-state index is 11.8. The lowest BCUT2D eigenvalue weighted by molar-refractivity contribution is -0.143. The van der Waals surface area contributed by atoms with Crippen LogP contribution in [0.3, 0.4) is 0 Å². The van der Waals surface area contributed by atoms with Gasteiger partial charge in [-0.15, -0.1) is 0 Å². The second kappa shape index (κ2) is 6.69. The van der Waals surface area contributed by atoms with Crippen LogP contribution in [0.25, 0.3) is 0 Å². The largest absolute Gasteiger partial charge is 0.354 e. The maximum atomic E-state index is 11.8. The number of nitrogens with one attached hydrogen (secondary N) is 1. The van der Waals surface area contributed by atoms with Gasteiger partial charge >= 0.3 is 17.8 Å². The van der Waals surface area contributed by atoms with Gasteiger partial charge in [0.1, 0.15) is 6.54 Å². The summed E-state index contributed by atoms with van der Waals surface area (Å²) in [6.07, 6.45) is 5.82. The first-order chi connectivity index (χ1) is 10.0. The molecule has 7 nitrogen and oxygen atoms in total. The normalized spacial score (nSPS) is 20.3. The summed E-state index contributed by atoms with van der Waals surface area (Å²) in [7, 11) is 0. The maximum Gasteiger partial charge on any atom is 0.334 e. The number of nitrogens with zero attached hydrogens (tertiary/aromatic N) is 2. The van der Waals surface area contributed by atoms with Gasteiger partial charge in [0.15, 0.2) is 0 Å². The Morgan fingerprint density at radius 2 is 1.71 bits per heavy atom. The molecule has 1 N–H and O–H groups in total. The summed E-state index contributed by atoms with van der Waals surface area (Å²) >= 11 is 0. The van der Waals surface area contributed by atoms with Gasteiger partial charge in [-0.05, 0) is 25.7 Å². The van der Waals surface area contributed by atoms with Crippen molar-refractivity contribution in [2.24, 2.45) is 5.92 Å². The molecule has 1 aliphatic heterocycles. The fraction of sp³-hybridized carbons (Fsp3) is 0.714. The average Bonchev–Trinajstić information content (AvgIpc) is 2.70. The summed E-state index contributed by atoms with van der Waals surface area (Å²) in [6.45, 7) is 1.92. The van der Waals surface area contributed by atoms with E-state index in [1.165, 1.54) is 19.3 Å².